The molecule has 23 heavy (non-hydrogen) atoms. The fourth-order valence-electron chi connectivity index (χ4n) is 3.82. The van der Waals surface area contributed by atoms with Gasteiger partial charge in [0.05, 0.1) is 13.2 Å². The third-order valence-electron chi connectivity index (χ3n) is 4.85. The van der Waals surface area contributed by atoms with E-state index in [1.165, 1.54) is 11.1 Å². The van der Waals surface area contributed by atoms with Gasteiger partial charge in [0.25, 0.3) is 0 Å². The molecule has 0 saturated carbocycles. The molecular weight excluding hydrogens is 374 g/mol. The average molecular weight is 391 g/mol. The van der Waals surface area contributed by atoms with Gasteiger partial charge >= 0.3 is 0 Å². The molecule has 1 aliphatic heterocycles. The first-order valence-electron chi connectivity index (χ1n) is 7.73. The van der Waals surface area contributed by atoms with Gasteiger partial charge < -0.3 is 10.1 Å². The Hall–Kier alpha value is -1.45. The average Bonchev–Trinajstić information content (AvgIpc) is 3.04. The predicted octanol–water partition coefficient (Wildman–Crippen LogP) is 5.94. The van der Waals surface area contributed by atoms with Gasteiger partial charge in [0.15, 0.2) is 0 Å². The van der Waals surface area contributed by atoms with Gasteiger partial charge in [0.1, 0.15) is 5.75 Å². The van der Waals surface area contributed by atoms with E-state index in [4.69, 9.17) is 16.3 Å². The number of rotatable bonds is 2. The van der Waals surface area contributed by atoms with Crippen molar-refractivity contribution >= 4 is 33.2 Å². The van der Waals surface area contributed by atoms with Crippen LogP contribution < -0.4 is 10.1 Å². The van der Waals surface area contributed by atoms with Crippen LogP contribution in [0.25, 0.3) is 0 Å². The van der Waals surface area contributed by atoms with Gasteiger partial charge in [-0.1, -0.05) is 39.7 Å². The maximum atomic E-state index is 6.21. The summed E-state index contributed by atoms with van der Waals surface area (Å²) in [7, 11) is 1.73. The van der Waals surface area contributed by atoms with Gasteiger partial charge in [0, 0.05) is 26.7 Å². The Kier molecular flexibility index (Phi) is 3.86. The number of benzene rings is 2. The van der Waals surface area contributed by atoms with E-state index >= 15 is 0 Å². The van der Waals surface area contributed by atoms with Gasteiger partial charge in [-0.15, -0.1) is 0 Å². The number of halogens is 2. The number of anilines is 1. The minimum Gasteiger partial charge on any atom is -0.496 e. The highest BCUT2D eigenvalue weighted by Gasteiger charge is 2.39. The Morgan fingerprint density at radius 3 is 2.87 bits per heavy atom. The van der Waals surface area contributed by atoms with Crippen molar-refractivity contribution in [3.05, 3.63) is 69.2 Å². The first kappa shape index (κ1) is 15.1. The number of methoxy groups -OCH3 is 1. The fraction of sp³-hybridized carbons (Fsp3) is 0.263. The predicted molar refractivity (Wildman–Crippen MR) is 98.5 cm³/mol. The number of hydrogen-bond acceptors (Lipinski definition) is 2. The molecule has 0 radical (unpaired) electrons. The normalized spacial score (nSPS) is 24.7. The van der Waals surface area contributed by atoms with Crippen LogP contribution in [0, 0.1) is 5.92 Å². The quantitative estimate of drug-likeness (QED) is 0.641. The molecule has 0 spiro atoms. The first-order valence-corrected chi connectivity index (χ1v) is 8.90. The second-order valence-electron chi connectivity index (χ2n) is 6.09. The fourth-order valence-corrected chi connectivity index (χ4v) is 4.38. The van der Waals surface area contributed by atoms with Crippen molar-refractivity contribution in [2.45, 2.75) is 18.4 Å². The van der Waals surface area contributed by atoms with Crippen LogP contribution in [-0.4, -0.2) is 7.11 Å². The summed E-state index contributed by atoms with van der Waals surface area (Å²) in [5.74, 6) is 1.80. The van der Waals surface area contributed by atoms with Crippen molar-refractivity contribution in [3.8, 4) is 5.75 Å². The molecule has 0 saturated heterocycles. The molecule has 0 aromatic heterocycles. The molecule has 1 heterocycles. The lowest BCUT2D eigenvalue weighted by atomic mass is 9.77. The monoisotopic (exact) mass is 389 g/mol. The summed E-state index contributed by atoms with van der Waals surface area (Å²) in [6.45, 7) is 0. The molecule has 2 aromatic rings. The first-order chi connectivity index (χ1) is 11.2. The highest BCUT2D eigenvalue weighted by Crippen LogP contribution is 2.51. The van der Waals surface area contributed by atoms with Crippen LogP contribution in [-0.2, 0) is 0 Å². The van der Waals surface area contributed by atoms with Crippen LogP contribution >= 0.6 is 27.5 Å². The molecule has 1 N–H and O–H groups in total. The molecular formula is C19H17BrClNO. The summed E-state index contributed by atoms with van der Waals surface area (Å²) < 4.78 is 6.68. The lowest BCUT2D eigenvalue weighted by Crippen LogP contribution is -2.29. The minimum absolute atomic E-state index is 0.219. The van der Waals surface area contributed by atoms with Crippen molar-refractivity contribution in [1.82, 2.24) is 0 Å². The van der Waals surface area contributed by atoms with E-state index < -0.39 is 0 Å². The lowest BCUT2D eigenvalue weighted by Gasteiger charge is -2.38. The summed E-state index contributed by atoms with van der Waals surface area (Å²) in [5.41, 5.74) is 3.65. The Balaban J connectivity index is 1.82. The summed E-state index contributed by atoms with van der Waals surface area (Å²) in [4.78, 5) is 0. The third-order valence-corrected chi connectivity index (χ3v) is 5.58. The zero-order chi connectivity index (χ0) is 16.0. The highest BCUT2D eigenvalue weighted by molar-refractivity contribution is 9.10. The topological polar surface area (TPSA) is 21.3 Å². The van der Waals surface area contributed by atoms with E-state index in [0.29, 0.717) is 11.8 Å². The Bertz CT molecular complexity index is 789. The number of fused-ring (bicyclic) bond motifs is 3. The summed E-state index contributed by atoms with van der Waals surface area (Å²) in [6.07, 6.45) is 5.66. The molecule has 4 heteroatoms. The van der Waals surface area contributed by atoms with E-state index in [9.17, 15) is 0 Å². The molecule has 2 nitrogen and oxygen atoms in total. The third kappa shape index (κ3) is 2.56. The van der Waals surface area contributed by atoms with Gasteiger partial charge in [-0.3, -0.25) is 0 Å². The molecule has 4 rings (SSSR count). The molecule has 0 unspecified atom stereocenters. The van der Waals surface area contributed by atoms with Crippen LogP contribution in [0.15, 0.2) is 53.0 Å². The maximum absolute atomic E-state index is 6.21. The molecule has 2 aliphatic rings. The molecule has 3 atom stereocenters. The van der Waals surface area contributed by atoms with Gasteiger partial charge in [-0.05, 0) is 54.3 Å². The zero-order valence-corrected chi connectivity index (χ0v) is 15.1. The maximum Gasteiger partial charge on any atom is 0.124 e. The Morgan fingerprint density at radius 2 is 2.04 bits per heavy atom. The molecule has 0 fully saturated rings. The van der Waals surface area contributed by atoms with Crippen LogP contribution in [0.5, 0.6) is 5.75 Å². The van der Waals surface area contributed by atoms with Gasteiger partial charge in [-0.25, -0.2) is 0 Å². The van der Waals surface area contributed by atoms with Crippen LogP contribution in [0.4, 0.5) is 5.69 Å². The highest BCUT2D eigenvalue weighted by atomic mass is 79.9. The molecule has 2 aromatic carbocycles. The van der Waals surface area contributed by atoms with Crippen LogP contribution in [0.3, 0.4) is 0 Å². The second kappa shape index (κ2) is 5.88. The smallest absolute Gasteiger partial charge is 0.124 e. The minimum atomic E-state index is 0.219. The molecule has 0 bridgehead atoms. The Morgan fingerprint density at radius 1 is 1.17 bits per heavy atom. The van der Waals surface area contributed by atoms with E-state index in [2.05, 4.69) is 51.6 Å². The molecule has 1 aliphatic carbocycles. The molecule has 118 valence electrons. The van der Waals surface area contributed by atoms with Gasteiger partial charge in [0.2, 0.25) is 0 Å². The standard InChI is InChI=1S/C19H17BrClNO/c1-23-18-8-5-11(20)9-16(18)19-14-4-2-3-13(14)15-10-12(21)6-7-17(15)22-19/h2-3,5-10,13-14,19,22H,4H2,1H3/t13-,14+,19-/m1/s1. The number of allylic oxidation sites excluding steroid dienone is 2. The largest absolute Gasteiger partial charge is 0.496 e. The molecule has 0 amide bonds. The van der Waals surface area contributed by atoms with Crippen molar-refractivity contribution < 1.29 is 4.74 Å². The number of ether oxygens (including phenoxy) is 1. The van der Waals surface area contributed by atoms with Crippen molar-refractivity contribution in [1.29, 1.82) is 0 Å². The summed E-state index contributed by atoms with van der Waals surface area (Å²) >= 11 is 9.80. The van der Waals surface area contributed by atoms with Crippen molar-refractivity contribution in [3.63, 3.8) is 0 Å². The van der Waals surface area contributed by atoms with Crippen LogP contribution in [0.2, 0.25) is 5.02 Å². The Labute approximate surface area is 149 Å². The number of hydrogen-bond donors (Lipinski definition) is 1. The summed E-state index contributed by atoms with van der Waals surface area (Å²) in [5, 5.41) is 4.51. The van der Waals surface area contributed by atoms with Crippen molar-refractivity contribution in [2.24, 2.45) is 5.92 Å². The number of nitrogens with one attached hydrogen (secondary N) is 1. The zero-order valence-electron chi connectivity index (χ0n) is 12.7. The van der Waals surface area contributed by atoms with E-state index in [1.807, 2.05) is 18.2 Å². The lowest BCUT2D eigenvalue weighted by molar-refractivity contribution is 0.381. The van der Waals surface area contributed by atoms with E-state index in [0.717, 1.165) is 27.4 Å². The SMILES string of the molecule is COc1ccc(Br)cc1[C@@H]1Nc2ccc(Cl)cc2[C@@H]2C=CC[C@@H]21. The second-order valence-corrected chi connectivity index (χ2v) is 7.45. The van der Waals surface area contributed by atoms with E-state index in [-0.39, 0.29) is 6.04 Å². The van der Waals surface area contributed by atoms with E-state index in [1.54, 1.807) is 7.11 Å². The summed E-state index contributed by atoms with van der Waals surface area (Å²) in [6, 6.07) is 12.5. The van der Waals surface area contributed by atoms with Gasteiger partial charge in [-0.2, -0.15) is 0 Å². The van der Waals surface area contributed by atoms with Crippen molar-refractivity contribution in [2.75, 3.05) is 12.4 Å². The van der Waals surface area contributed by atoms with Crippen LogP contribution in [0.1, 0.15) is 29.5 Å².